The maximum Gasteiger partial charge on any atom is 0.411 e. The Hall–Kier alpha value is -5.17. The molecule has 0 radical (unpaired) electrons. The van der Waals surface area contributed by atoms with Gasteiger partial charge in [-0.2, -0.15) is 0 Å². The number of nitrogens with one attached hydrogen (secondary N) is 2. The third-order valence-corrected chi connectivity index (χ3v) is 6.97. The van der Waals surface area contributed by atoms with Gasteiger partial charge in [-0.15, -0.1) is 0 Å². The standard InChI is InChI=1S/C32H27N5O2/c1-20-13-14-23(16-29(20)33)36-31-17-30(34-19-35-31)21-7-6-8-22(15-21)37-32(38)39-18-28-26-11-4-2-9-24(26)25-10-3-5-12-27(25)28/h2-17,19,28H,18,33H2,1H3,(H,37,38)(H,34,35,36). The second-order valence-corrected chi connectivity index (χ2v) is 9.52. The van der Waals surface area contributed by atoms with Gasteiger partial charge in [0.25, 0.3) is 0 Å². The number of nitrogen functional groups attached to an aromatic ring is 1. The third-order valence-electron chi connectivity index (χ3n) is 6.97. The van der Waals surface area contributed by atoms with E-state index in [0.717, 1.165) is 16.8 Å². The highest BCUT2D eigenvalue weighted by Crippen LogP contribution is 2.44. The van der Waals surface area contributed by atoms with Gasteiger partial charge in [0, 0.05) is 34.6 Å². The molecular formula is C32H27N5O2. The van der Waals surface area contributed by atoms with Crippen molar-refractivity contribution in [3.63, 3.8) is 0 Å². The predicted molar refractivity (Wildman–Crippen MR) is 155 cm³/mol. The highest BCUT2D eigenvalue weighted by molar-refractivity contribution is 5.86. The number of anilines is 4. The number of nitrogens with zero attached hydrogens (tertiary/aromatic N) is 2. The summed E-state index contributed by atoms with van der Waals surface area (Å²) >= 11 is 0. The summed E-state index contributed by atoms with van der Waals surface area (Å²) in [5.41, 5.74) is 15.5. The molecule has 0 spiro atoms. The number of carbonyl (C=O) groups excluding carboxylic acids is 1. The minimum Gasteiger partial charge on any atom is -0.448 e. The van der Waals surface area contributed by atoms with E-state index in [2.05, 4.69) is 44.9 Å². The Morgan fingerprint density at radius 3 is 2.33 bits per heavy atom. The van der Waals surface area contributed by atoms with Gasteiger partial charge >= 0.3 is 6.09 Å². The molecule has 1 aliphatic carbocycles. The van der Waals surface area contributed by atoms with Gasteiger partial charge in [0.05, 0.1) is 5.69 Å². The SMILES string of the molecule is Cc1ccc(Nc2cc(-c3cccc(NC(=O)OCC4c5ccccc5-c5ccccc54)c3)ncn2)cc1N. The molecule has 7 nitrogen and oxygen atoms in total. The van der Waals surface area contributed by atoms with Crippen molar-refractivity contribution in [1.82, 2.24) is 9.97 Å². The monoisotopic (exact) mass is 513 g/mol. The van der Waals surface area contributed by atoms with E-state index >= 15 is 0 Å². The molecule has 4 aromatic carbocycles. The van der Waals surface area contributed by atoms with E-state index in [0.29, 0.717) is 22.9 Å². The Bertz CT molecular complexity index is 1640. The van der Waals surface area contributed by atoms with Crippen molar-refractivity contribution in [2.75, 3.05) is 23.0 Å². The molecule has 0 atom stereocenters. The Balaban J connectivity index is 1.13. The number of aryl methyl sites for hydroxylation is 1. The van der Waals surface area contributed by atoms with Gasteiger partial charge in [-0.1, -0.05) is 66.7 Å². The molecule has 1 aliphatic rings. The van der Waals surface area contributed by atoms with Crippen molar-refractivity contribution >= 4 is 29.0 Å². The normalized spacial score (nSPS) is 11.9. The Kier molecular flexibility index (Phi) is 6.39. The minimum atomic E-state index is -0.504. The van der Waals surface area contributed by atoms with Crippen LogP contribution in [-0.2, 0) is 4.74 Å². The predicted octanol–water partition coefficient (Wildman–Crippen LogP) is 7.14. The van der Waals surface area contributed by atoms with Gasteiger partial charge in [-0.25, -0.2) is 14.8 Å². The fraction of sp³-hybridized carbons (Fsp3) is 0.0938. The number of amides is 1. The first-order valence-electron chi connectivity index (χ1n) is 12.7. The number of carbonyl (C=O) groups is 1. The van der Waals surface area contributed by atoms with Gasteiger partial charge in [-0.3, -0.25) is 5.32 Å². The van der Waals surface area contributed by atoms with Gasteiger partial charge in [-0.05, 0) is 59.0 Å². The van der Waals surface area contributed by atoms with Gasteiger partial charge in [0.15, 0.2) is 0 Å². The fourth-order valence-corrected chi connectivity index (χ4v) is 4.96. The van der Waals surface area contributed by atoms with Crippen molar-refractivity contribution in [3.8, 4) is 22.4 Å². The molecule has 0 saturated carbocycles. The van der Waals surface area contributed by atoms with Gasteiger partial charge in [0.2, 0.25) is 0 Å². The van der Waals surface area contributed by atoms with E-state index in [-0.39, 0.29) is 12.5 Å². The first kappa shape index (κ1) is 24.2. The number of aromatic nitrogens is 2. The molecule has 4 N–H and O–H groups in total. The number of nitrogens with two attached hydrogens (primary N) is 1. The molecular weight excluding hydrogens is 486 g/mol. The second kappa shape index (κ2) is 10.3. The summed E-state index contributed by atoms with van der Waals surface area (Å²) in [6.07, 6.45) is 0.997. The minimum absolute atomic E-state index is 0.00491. The Morgan fingerprint density at radius 2 is 1.59 bits per heavy atom. The maximum atomic E-state index is 12.8. The van der Waals surface area contributed by atoms with Crippen molar-refractivity contribution in [3.05, 3.63) is 120 Å². The first-order valence-corrected chi connectivity index (χ1v) is 12.7. The fourth-order valence-electron chi connectivity index (χ4n) is 4.96. The third kappa shape index (κ3) is 5.02. The lowest BCUT2D eigenvalue weighted by molar-refractivity contribution is 0.158. The lowest BCUT2D eigenvalue weighted by Gasteiger charge is -2.15. The smallest absolute Gasteiger partial charge is 0.411 e. The maximum absolute atomic E-state index is 12.8. The summed E-state index contributed by atoms with van der Waals surface area (Å²) in [6, 6.07) is 31.6. The van der Waals surface area contributed by atoms with Crippen molar-refractivity contribution in [2.45, 2.75) is 12.8 Å². The largest absolute Gasteiger partial charge is 0.448 e. The molecule has 7 heteroatoms. The molecule has 0 saturated heterocycles. The van der Waals surface area contributed by atoms with Crippen LogP contribution in [0.25, 0.3) is 22.4 Å². The van der Waals surface area contributed by atoms with E-state index < -0.39 is 6.09 Å². The highest BCUT2D eigenvalue weighted by Gasteiger charge is 2.29. The Morgan fingerprint density at radius 1 is 0.846 bits per heavy atom. The van der Waals surface area contributed by atoms with E-state index in [9.17, 15) is 4.79 Å². The Labute approximate surface area is 226 Å². The van der Waals surface area contributed by atoms with Crippen LogP contribution in [0.4, 0.5) is 27.7 Å². The molecule has 5 aromatic rings. The van der Waals surface area contributed by atoms with Crippen molar-refractivity contribution in [1.29, 1.82) is 0 Å². The number of benzene rings is 4. The lowest BCUT2D eigenvalue weighted by Crippen LogP contribution is -2.17. The summed E-state index contributed by atoms with van der Waals surface area (Å²) in [5, 5.41) is 6.12. The van der Waals surface area contributed by atoms with Crippen LogP contribution in [0, 0.1) is 6.92 Å². The van der Waals surface area contributed by atoms with E-state index in [1.807, 2.05) is 79.7 Å². The molecule has 0 unspecified atom stereocenters. The number of ether oxygens (including phenoxy) is 1. The second-order valence-electron chi connectivity index (χ2n) is 9.52. The average molecular weight is 514 g/mol. The van der Waals surface area contributed by atoms with Gasteiger partial charge < -0.3 is 15.8 Å². The van der Waals surface area contributed by atoms with Crippen molar-refractivity contribution in [2.24, 2.45) is 0 Å². The zero-order valence-electron chi connectivity index (χ0n) is 21.4. The van der Waals surface area contributed by atoms with E-state index in [1.165, 1.54) is 28.6 Å². The molecule has 0 aliphatic heterocycles. The van der Waals surface area contributed by atoms with Crippen LogP contribution in [0.1, 0.15) is 22.6 Å². The van der Waals surface area contributed by atoms with E-state index in [4.69, 9.17) is 10.5 Å². The number of hydrogen-bond acceptors (Lipinski definition) is 6. The summed E-state index contributed by atoms with van der Waals surface area (Å²) in [5.74, 6) is 0.642. The molecule has 192 valence electrons. The zero-order chi connectivity index (χ0) is 26.8. The summed E-state index contributed by atoms with van der Waals surface area (Å²) in [7, 11) is 0. The molecule has 0 bridgehead atoms. The van der Waals surface area contributed by atoms with Crippen LogP contribution in [0.3, 0.4) is 0 Å². The zero-order valence-corrected chi connectivity index (χ0v) is 21.4. The summed E-state index contributed by atoms with van der Waals surface area (Å²) < 4.78 is 5.70. The average Bonchev–Trinajstić information content (AvgIpc) is 3.28. The van der Waals surface area contributed by atoms with Gasteiger partial charge in [0.1, 0.15) is 18.8 Å². The molecule has 39 heavy (non-hydrogen) atoms. The first-order chi connectivity index (χ1) is 19.0. The van der Waals surface area contributed by atoms with Crippen LogP contribution in [0.5, 0.6) is 0 Å². The summed E-state index contributed by atoms with van der Waals surface area (Å²) in [6.45, 7) is 2.22. The van der Waals surface area contributed by atoms with Crippen LogP contribution < -0.4 is 16.4 Å². The highest BCUT2D eigenvalue weighted by atomic mass is 16.5. The van der Waals surface area contributed by atoms with E-state index in [1.54, 1.807) is 0 Å². The molecule has 1 heterocycles. The number of rotatable bonds is 6. The number of fused-ring (bicyclic) bond motifs is 3. The molecule has 6 rings (SSSR count). The molecule has 1 amide bonds. The quantitative estimate of drug-likeness (QED) is 0.209. The molecule has 0 fully saturated rings. The summed E-state index contributed by atoms with van der Waals surface area (Å²) in [4.78, 5) is 21.5. The van der Waals surface area contributed by atoms with Crippen molar-refractivity contribution < 1.29 is 9.53 Å². The van der Waals surface area contributed by atoms with Crippen LogP contribution >= 0.6 is 0 Å². The molecule has 1 aromatic heterocycles. The number of hydrogen-bond donors (Lipinski definition) is 3. The van der Waals surface area contributed by atoms with Crippen LogP contribution in [0.2, 0.25) is 0 Å². The topological polar surface area (TPSA) is 102 Å². The lowest BCUT2D eigenvalue weighted by atomic mass is 9.98. The van der Waals surface area contributed by atoms with Crippen LogP contribution in [-0.4, -0.2) is 22.7 Å². The van der Waals surface area contributed by atoms with Crippen LogP contribution in [0.15, 0.2) is 103 Å².